The summed E-state index contributed by atoms with van der Waals surface area (Å²) in [6, 6.07) is 9.39. The maximum atomic E-state index is 14.5. The van der Waals surface area contributed by atoms with Crippen molar-refractivity contribution in [1.29, 1.82) is 5.26 Å². The van der Waals surface area contributed by atoms with Gasteiger partial charge in [-0.3, -0.25) is 4.79 Å². The van der Waals surface area contributed by atoms with Crippen LogP contribution >= 0.6 is 0 Å². The first-order valence-electron chi connectivity index (χ1n) is 8.12. The number of amides is 1. The van der Waals surface area contributed by atoms with Crippen molar-refractivity contribution in [2.45, 2.75) is 19.8 Å². The summed E-state index contributed by atoms with van der Waals surface area (Å²) in [5.74, 6) is -3.89. The van der Waals surface area contributed by atoms with Crippen LogP contribution in [0, 0.1) is 11.3 Å². The number of nitrogens with two attached hydrogens (primary N) is 1. The van der Waals surface area contributed by atoms with Crippen molar-refractivity contribution in [1.82, 2.24) is 19.9 Å². The Kier molecular flexibility index (Phi) is 4.49. The largest absolute Gasteiger partial charge is 0.382 e. The maximum absolute atomic E-state index is 14.5. The third-order valence-electron chi connectivity index (χ3n) is 3.89. The molecule has 2 heterocycles. The molecule has 27 heavy (non-hydrogen) atoms. The predicted octanol–water partition coefficient (Wildman–Crippen LogP) is 2.71. The molecule has 0 saturated carbocycles. The Labute approximate surface area is 153 Å². The molecular weight excluding hydrogens is 354 g/mol. The average molecular weight is 370 g/mol. The summed E-state index contributed by atoms with van der Waals surface area (Å²) < 4.78 is 29.9. The van der Waals surface area contributed by atoms with E-state index in [4.69, 9.17) is 11.0 Å². The van der Waals surface area contributed by atoms with Crippen molar-refractivity contribution < 1.29 is 13.6 Å². The lowest BCUT2D eigenvalue weighted by Crippen LogP contribution is -2.23. The minimum atomic E-state index is -3.33. The molecule has 0 unspecified atom stereocenters. The van der Waals surface area contributed by atoms with Gasteiger partial charge >= 0.3 is 0 Å². The van der Waals surface area contributed by atoms with Crippen LogP contribution in [0.5, 0.6) is 0 Å². The molecule has 0 aliphatic heterocycles. The Balaban J connectivity index is 2.34. The van der Waals surface area contributed by atoms with Gasteiger partial charge in [-0.15, -0.1) is 0 Å². The first-order valence-corrected chi connectivity index (χ1v) is 8.12. The van der Waals surface area contributed by atoms with E-state index in [1.165, 1.54) is 12.1 Å². The second-order valence-electron chi connectivity index (χ2n) is 5.96. The molecule has 0 radical (unpaired) electrons. The lowest BCUT2D eigenvalue weighted by molar-refractivity contribution is 0.0109. The number of nitrogen functional groups attached to an aromatic ring is 1. The Hall–Kier alpha value is -3.54. The zero-order valence-corrected chi connectivity index (χ0v) is 14.6. The fourth-order valence-electron chi connectivity index (χ4n) is 2.76. The SMILES string of the molecule is CCNC(=O)c1cc2c(N)nc(-c3cccc(C#N)c3)c(C(C)(F)F)n2n1. The molecule has 3 rings (SSSR count). The van der Waals surface area contributed by atoms with Gasteiger partial charge in [-0.25, -0.2) is 9.50 Å². The normalized spacial score (nSPS) is 11.4. The van der Waals surface area contributed by atoms with Crippen molar-refractivity contribution in [3.8, 4) is 17.3 Å². The van der Waals surface area contributed by atoms with Crippen LogP contribution in [0.15, 0.2) is 30.3 Å². The second-order valence-corrected chi connectivity index (χ2v) is 5.96. The molecule has 138 valence electrons. The zero-order chi connectivity index (χ0) is 19.8. The van der Waals surface area contributed by atoms with E-state index in [9.17, 15) is 13.6 Å². The molecular formula is C18H16F2N6O. The number of anilines is 1. The molecule has 3 aromatic rings. The summed E-state index contributed by atoms with van der Waals surface area (Å²) in [6.07, 6.45) is 0. The quantitative estimate of drug-likeness (QED) is 0.734. The molecule has 9 heteroatoms. The summed E-state index contributed by atoms with van der Waals surface area (Å²) >= 11 is 0. The number of carbonyl (C=O) groups excluding carboxylic acids is 1. The van der Waals surface area contributed by atoms with Gasteiger partial charge < -0.3 is 11.1 Å². The molecule has 2 aromatic heterocycles. The number of hydrogen-bond donors (Lipinski definition) is 2. The highest BCUT2D eigenvalue weighted by molar-refractivity contribution is 5.94. The van der Waals surface area contributed by atoms with Crippen LogP contribution in [-0.4, -0.2) is 27.0 Å². The predicted molar refractivity (Wildman–Crippen MR) is 95.1 cm³/mol. The van der Waals surface area contributed by atoms with Crippen LogP contribution < -0.4 is 11.1 Å². The number of fused-ring (bicyclic) bond motifs is 1. The van der Waals surface area contributed by atoms with Crippen molar-refractivity contribution in [2.75, 3.05) is 12.3 Å². The molecule has 0 atom stereocenters. The van der Waals surface area contributed by atoms with Crippen molar-refractivity contribution in [2.24, 2.45) is 0 Å². The van der Waals surface area contributed by atoms with Crippen LogP contribution in [0.4, 0.5) is 14.6 Å². The molecule has 3 N–H and O–H groups in total. The number of rotatable bonds is 4. The number of hydrogen-bond acceptors (Lipinski definition) is 5. The van der Waals surface area contributed by atoms with E-state index in [1.807, 2.05) is 6.07 Å². The molecule has 1 aromatic carbocycles. The van der Waals surface area contributed by atoms with Crippen molar-refractivity contribution >= 4 is 17.2 Å². The lowest BCUT2D eigenvalue weighted by Gasteiger charge is -2.17. The second kappa shape index (κ2) is 6.64. The Morgan fingerprint density at radius 2 is 2.15 bits per heavy atom. The molecule has 7 nitrogen and oxygen atoms in total. The van der Waals surface area contributed by atoms with Crippen LogP contribution in [0.2, 0.25) is 0 Å². The fourth-order valence-corrected chi connectivity index (χ4v) is 2.76. The first-order chi connectivity index (χ1) is 12.8. The summed E-state index contributed by atoms with van der Waals surface area (Å²) in [5.41, 5.74) is 5.99. The van der Waals surface area contributed by atoms with Crippen molar-refractivity contribution in [3.63, 3.8) is 0 Å². The maximum Gasteiger partial charge on any atom is 0.289 e. The minimum absolute atomic E-state index is 0.0428. The van der Waals surface area contributed by atoms with Gasteiger partial charge in [0.2, 0.25) is 0 Å². The van der Waals surface area contributed by atoms with Gasteiger partial charge in [0.05, 0.1) is 11.6 Å². The van der Waals surface area contributed by atoms with E-state index in [-0.39, 0.29) is 22.7 Å². The highest BCUT2D eigenvalue weighted by atomic mass is 19.3. The lowest BCUT2D eigenvalue weighted by atomic mass is 10.0. The van der Waals surface area contributed by atoms with E-state index in [0.29, 0.717) is 24.6 Å². The van der Waals surface area contributed by atoms with Gasteiger partial charge in [0, 0.05) is 25.1 Å². The molecule has 1 amide bonds. The van der Waals surface area contributed by atoms with Crippen LogP contribution in [-0.2, 0) is 5.92 Å². The Morgan fingerprint density at radius 1 is 1.41 bits per heavy atom. The van der Waals surface area contributed by atoms with E-state index in [2.05, 4.69) is 15.4 Å². The summed E-state index contributed by atoms with van der Waals surface area (Å²) in [5, 5.41) is 15.7. The number of nitrogens with zero attached hydrogens (tertiary/aromatic N) is 4. The number of nitriles is 1. The number of halogens is 2. The van der Waals surface area contributed by atoms with Gasteiger partial charge in [0.15, 0.2) is 5.69 Å². The average Bonchev–Trinajstić information content (AvgIpc) is 3.06. The van der Waals surface area contributed by atoms with Gasteiger partial charge in [-0.2, -0.15) is 19.1 Å². The molecule has 0 bridgehead atoms. The van der Waals surface area contributed by atoms with E-state index in [1.54, 1.807) is 25.1 Å². The smallest absolute Gasteiger partial charge is 0.289 e. The summed E-state index contributed by atoms with van der Waals surface area (Å²) in [4.78, 5) is 16.2. The summed E-state index contributed by atoms with van der Waals surface area (Å²) in [6.45, 7) is 2.81. The number of aromatic nitrogens is 3. The minimum Gasteiger partial charge on any atom is -0.382 e. The number of carbonyl (C=O) groups is 1. The topological polar surface area (TPSA) is 109 Å². The molecule has 0 aliphatic rings. The third-order valence-corrected chi connectivity index (χ3v) is 3.89. The monoisotopic (exact) mass is 370 g/mol. The molecule has 0 spiro atoms. The third kappa shape index (κ3) is 3.29. The van der Waals surface area contributed by atoms with Crippen LogP contribution in [0.25, 0.3) is 16.8 Å². The number of nitrogens with one attached hydrogen (secondary N) is 1. The molecule has 0 fully saturated rings. The van der Waals surface area contributed by atoms with Crippen molar-refractivity contribution in [3.05, 3.63) is 47.3 Å². The molecule has 0 aliphatic carbocycles. The molecule has 0 saturated heterocycles. The van der Waals surface area contributed by atoms with Gasteiger partial charge in [0.25, 0.3) is 11.8 Å². The number of benzene rings is 1. The highest BCUT2D eigenvalue weighted by Crippen LogP contribution is 2.36. The van der Waals surface area contributed by atoms with Gasteiger partial charge in [0.1, 0.15) is 22.7 Å². The zero-order valence-electron chi connectivity index (χ0n) is 14.6. The van der Waals surface area contributed by atoms with Gasteiger partial charge in [-0.1, -0.05) is 12.1 Å². The summed E-state index contributed by atoms with van der Waals surface area (Å²) in [7, 11) is 0. The Morgan fingerprint density at radius 3 is 2.78 bits per heavy atom. The van der Waals surface area contributed by atoms with E-state index >= 15 is 0 Å². The first kappa shape index (κ1) is 18.3. The van der Waals surface area contributed by atoms with E-state index < -0.39 is 17.5 Å². The number of alkyl halides is 2. The Bertz CT molecular complexity index is 1080. The van der Waals surface area contributed by atoms with Gasteiger partial charge in [-0.05, 0) is 19.1 Å². The highest BCUT2D eigenvalue weighted by Gasteiger charge is 2.34. The van der Waals surface area contributed by atoms with E-state index in [0.717, 1.165) is 4.52 Å². The standard InChI is InChI=1S/C18H16F2N6O/c1-3-23-17(27)12-8-13-16(22)24-14(11-6-4-5-10(7-11)9-21)15(18(2,19)20)26(13)25-12/h4-8H,3H2,1-2H3,(H2,22,24)(H,23,27). The van der Waals surface area contributed by atoms with Crippen LogP contribution in [0.3, 0.4) is 0 Å². The van der Waals surface area contributed by atoms with Crippen LogP contribution in [0.1, 0.15) is 35.6 Å². The fraction of sp³-hybridized carbons (Fsp3) is 0.222.